The van der Waals surface area contributed by atoms with Crippen molar-refractivity contribution in [3.63, 3.8) is 0 Å². The SMILES string of the molecule is NC(CC(=O)NC(CO[C@H]1O[C@H](CO)[C@@H](O)[C@H](O)[C@@H]1O)(CO[C@H]1O[C@H](CO)[C@@H](O)[C@H](O)[C@@H]1O)CO[C@H]1O[C@H](CO)[C@@H](O)[C@H](O)[C@@H]1O)C(=O)N[C@@H](CO)C(=O)N[C@@H](CO)C(=O)NCC(=O)NCC(=O)NCC(=O)NCC(=O)NCC(=O)NCC(=O)O. The number of aliphatic carboxylic acids is 1. The Hall–Kier alpha value is -6.14. The van der Waals surface area contributed by atoms with E-state index in [9.17, 15) is 119 Å². The Bertz CT molecular complexity index is 2140. The third kappa shape index (κ3) is 22.6. The number of aliphatic hydroxyl groups excluding tert-OH is 14. The number of ether oxygens (including phenoxy) is 6. The Labute approximate surface area is 479 Å². The molecule has 41 heteroatoms. The summed E-state index contributed by atoms with van der Waals surface area (Å²) in [6.45, 7) is -12.7. The molecule has 85 heavy (non-hydrogen) atoms. The van der Waals surface area contributed by atoms with Crippen LogP contribution in [0, 0.1) is 0 Å². The molecular weight excluding hydrogens is 1160 g/mol. The van der Waals surface area contributed by atoms with E-state index in [1.807, 2.05) is 21.3 Å². The van der Waals surface area contributed by atoms with Crippen molar-refractivity contribution in [2.24, 2.45) is 5.73 Å². The molecule has 0 saturated carbocycles. The lowest BCUT2D eigenvalue weighted by molar-refractivity contribution is -0.324. The standard InChI is InChI=1S/C44H74N10O31/c45-16(38(77)52-18(9-56)40(79)53-17(8-55)39(78)51-6-27(65)49-4-25(63)47-2-23(61)46-3-24(62)48-5-26(64)50-7-28(66)67)1-22(60)54-44(13-80-41-35(74)32(71)29(68)19(10-57)83-41,14-81-42-36(75)33(72)30(69)20(11-58)84-42)15-82-43-37(76)34(73)31(70)21(12-59)85-43/h16-21,29-37,41-43,55-59,68-76H,1-15,45H2,(H,46,61)(H,47,63)(H,48,62)(H,49,65)(H,50,64)(H,51,78)(H,52,77)(H,53,79)(H,54,60)(H,66,67)/t16?,17-,18-,19+,20+,21+,29+,30+,31+,32-,33-,34-,35-,36-,37-,41-,42-,43-/m0/s1. The number of hydrogen-bond acceptors (Lipinski definition) is 31. The second kappa shape index (κ2) is 35.5. The molecule has 3 aliphatic heterocycles. The average molecular weight is 1240 g/mol. The average Bonchev–Trinajstić information content (AvgIpc) is 2.92. The van der Waals surface area contributed by atoms with E-state index in [2.05, 4.69) is 26.6 Å². The number of carboxylic acid groups (broad SMARTS) is 1. The Morgan fingerprint density at radius 1 is 0.412 bits per heavy atom. The molecule has 3 saturated heterocycles. The zero-order valence-corrected chi connectivity index (χ0v) is 44.8. The van der Waals surface area contributed by atoms with E-state index in [1.54, 1.807) is 0 Å². The fourth-order valence-corrected chi connectivity index (χ4v) is 7.64. The van der Waals surface area contributed by atoms with E-state index in [4.69, 9.17) is 39.3 Å². The molecule has 0 aromatic carbocycles. The van der Waals surface area contributed by atoms with Crippen molar-refractivity contribution in [1.82, 2.24) is 47.9 Å². The van der Waals surface area contributed by atoms with Crippen LogP contribution in [0.3, 0.4) is 0 Å². The third-order valence-electron chi connectivity index (χ3n) is 12.5. The van der Waals surface area contributed by atoms with Crippen molar-refractivity contribution >= 4 is 59.1 Å². The summed E-state index contributed by atoms with van der Waals surface area (Å²) in [6.07, 6.45) is -30.0. The van der Waals surface area contributed by atoms with Gasteiger partial charge in [-0.25, -0.2) is 0 Å². The minimum atomic E-state index is -2.42. The van der Waals surface area contributed by atoms with Gasteiger partial charge in [0, 0.05) is 0 Å². The van der Waals surface area contributed by atoms with Crippen LogP contribution in [0.1, 0.15) is 6.42 Å². The predicted molar refractivity (Wildman–Crippen MR) is 266 cm³/mol. The topological polar surface area (TPSA) is 664 Å². The highest BCUT2D eigenvalue weighted by atomic mass is 16.7. The molecular formula is C44H74N10O31. The van der Waals surface area contributed by atoms with E-state index in [0.29, 0.717) is 0 Å². The molecule has 26 N–H and O–H groups in total. The Kier molecular flexibility index (Phi) is 30.5. The first-order valence-corrected chi connectivity index (χ1v) is 25.5. The van der Waals surface area contributed by atoms with Gasteiger partial charge in [-0.15, -0.1) is 0 Å². The van der Waals surface area contributed by atoms with Crippen LogP contribution in [0.2, 0.25) is 0 Å². The summed E-state index contributed by atoms with van der Waals surface area (Å²) in [7, 11) is 0. The zero-order valence-electron chi connectivity index (χ0n) is 44.8. The van der Waals surface area contributed by atoms with Gasteiger partial charge in [-0.2, -0.15) is 0 Å². The molecule has 9 amide bonds. The molecule has 0 aromatic heterocycles. The molecule has 3 fully saturated rings. The Morgan fingerprint density at radius 3 is 1.04 bits per heavy atom. The molecule has 1 unspecified atom stereocenters. The quantitative estimate of drug-likeness (QED) is 0.0284. The van der Waals surface area contributed by atoms with Crippen molar-refractivity contribution in [3.8, 4) is 0 Å². The molecule has 0 radical (unpaired) electrons. The number of carbonyl (C=O) groups is 10. The number of nitrogens with one attached hydrogen (secondary N) is 9. The van der Waals surface area contributed by atoms with E-state index in [1.165, 1.54) is 0 Å². The number of amides is 9. The number of nitrogens with two attached hydrogens (primary N) is 1. The van der Waals surface area contributed by atoms with Crippen LogP contribution < -0.4 is 53.6 Å². The number of rotatable bonds is 34. The first-order chi connectivity index (χ1) is 40.0. The second-order valence-corrected chi connectivity index (χ2v) is 19.1. The van der Waals surface area contributed by atoms with E-state index >= 15 is 0 Å². The van der Waals surface area contributed by atoms with Gasteiger partial charge >= 0.3 is 5.97 Å². The largest absolute Gasteiger partial charge is 0.480 e. The predicted octanol–water partition coefficient (Wildman–Crippen LogP) is -18.3. The lowest BCUT2D eigenvalue weighted by Gasteiger charge is -2.44. The highest BCUT2D eigenvalue weighted by Crippen LogP contribution is 2.28. The third-order valence-corrected chi connectivity index (χ3v) is 12.5. The lowest BCUT2D eigenvalue weighted by atomic mass is 9.97. The Balaban J connectivity index is 1.68. The summed E-state index contributed by atoms with van der Waals surface area (Å²) in [5.41, 5.74) is 3.61. The summed E-state index contributed by atoms with van der Waals surface area (Å²) in [5, 5.41) is 171. The highest BCUT2D eigenvalue weighted by molar-refractivity contribution is 5.96. The van der Waals surface area contributed by atoms with Crippen LogP contribution in [-0.4, -0.2) is 344 Å². The van der Waals surface area contributed by atoms with Gasteiger partial charge in [0.25, 0.3) is 0 Å². The van der Waals surface area contributed by atoms with Crippen molar-refractivity contribution in [1.29, 1.82) is 0 Å². The summed E-state index contributed by atoms with van der Waals surface area (Å²) in [4.78, 5) is 124. The molecule has 3 rings (SSSR count). The molecule has 0 aromatic rings. The first kappa shape index (κ1) is 73.1. The molecule has 41 nitrogen and oxygen atoms in total. The van der Waals surface area contributed by atoms with Gasteiger partial charge in [-0.1, -0.05) is 0 Å². The van der Waals surface area contributed by atoms with Crippen molar-refractivity contribution in [3.05, 3.63) is 0 Å². The van der Waals surface area contributed by atoms with Crippen molar-refractivity contribution in [2.75, 3.05) is 92.1 Å². The minimum Gasteiger partial charge on any atom is -0.480 e. The summed E-state index contributed by atoms with van der Waals surface area (Å²) in [5.74, 6) is -11.1. The van der Waals surface area contributed by atoms with E-state index < -0.39 is 273 Å². The van der Waals surface area contributed by atoms with Crippen LogP contribution in [-0.2, 0) is 76.4 Å². The van der Waals surface area contributed by atoms with Gasteiger partial charge in [-0.3, -0.25) is 47.9 Å². The minimum absolute atomic E-state index is 0.594. The van der Waals surface area contributed by atoms with Crippen molar-refractivity contribution in [2.45, 2.75) is 122 Å². The second-order valence-electron chi connectivity index (χ2n) is 19.1. The first-order valence-electron chi connectivity index (χ1n) is 25.5. The molecule has 0 aliphatic carbocycles. The highest BCUT2D eigenvalue weighted by Gasteiger charge is 2.50. The lowest BCUT2D eigenvalue weighted by Crippen LogP contribution is -2.65. The van der Waals surface area contributed by atoms with Gasteiger partial charge in [0.05, 0.1) is 98.0 Å². The number of hydrogen-bond donors (Lipinski definition) is 25. The maximum Gasteiger partial charge on any atom is 0.322 e. The van der Waals surface area contributed by atoms with Gasteiger partial charge in [-0.05, 0) is 0 Å². The zero-order chi connectivity index (χ0) is 63.9. The van der Waals surface area contributed by atoms with E-state index in [-0.39, 0.29) is 0 Å². The van der Waals surface area contributed by atoms with E-state index in [0.717, 1.165) is 0 Å². The number of carboxylic acids is 1. The smallest absolute Gasteiger partial charge is 0.322 e. The summed E-state index contributed by atoms with van der Waals surface area (Å²) < 4.78 is 33.3. The van der Waals surface area contributed by atoms with Gasteiger partial charge < -0.3 is 159 Å². The fourth-order valence-electron chi connectivity index (χ4n) is 7.64. The monoisotopic (exact) mass is 1240 g/mol. The molecule has 0 spiro atoms. The van der Waals surface area contributed by atoms with Crippen LogP contribution >= 0.6 is 0 Å². The van der Waals surface area contributed by atoms with Gasteiger partial charge in [0.1, 0.15) is 97.4 Å². The molecule has 0 bridgehead atoms. The van der Waals surface area contributed by atoms with Crippen LogP contribution in [0.25, 0.3) is 0 Å². The van der Waals surface area contributed by atoms with Gasteiger partial charge in [0.2, 0.25) is 53.2 Å². The molecule has 18 atom stereocenters. The summed E-state index contributed by atoms with van der Waals surface area (Å²) >= 11 is 0. The van der Waals surface area contributed by atoms with Crippen molar-refractivity contribution < 1.29 is 153 Å². The normalized spacial score (nSPS) is 28.7. The fraction of sp³-hybridized carbons (Fsp3) is 0.773. The Morgan fingerprint density at radius 2 is 0.718 bits per heavy atom. The van der Waals surface area contributed by atoms with Crippen LogP contribution in [0.15, 0.2) is 0 Å². The maximum absolute atomic E-state index is 14.0. The molecule has 3 heterocycles. The molecule has 486 valence electrons. The number of carbonyl (C=O) groups excluding carboxylic acids is 9. The number of aliphatic hydroxyl groups is 14. The molecule has 3 aliphatic rings. The summed E-state index contributed by atoms with van der Waals surface area (Å²) in [6, 6.07) is -5.87. The maximum atomic E-state index is 14.0. The van der Waals surface area contributed by atoms with Crippen LogP contribution in [0.5, 0.6) is 0 Å². The van der Waals surface area contributed by atoms with Crippen LogP contribution in [0.4, 0.5) is 0 Å². The van der Waals surface area contributed by atoms with Gasteiger partial charge in [0.15, 0.2) is 18.9 Å².